The summed E-state index contributed by atoms with van der Waals surface area (Å²) in [4.78, 5) is 14.1. The molecule has 6 nitrogen and oxygen atoms in total. The van der Waals surface area contributed by atoms with Crippen LogP contribution in [0.25, 0.3) is 0 Å². The summed E-state index contributed by atoms with van der Waals surface area (Å²) < 4.78 is 23.3. The van der Waals surface area contributed by atoms with Crippen molar-refractivity contribution in [1.29, 1.82) is 0 Å². The Bertz CT molecular complexity index is 589. The Kier molecular flexibility index (Phi) is 4.97. The van der Waals surface area contributed by atoms with Crippen LogP contribution in [-0.2, 0) is 14.6 Å². The molecule has 0 bridgehead atoms. The van der Waals surface area contributed by atoms with E-state index >= 15 is 0 Å². The molecule has 21 heavy (non-hydrogen) atoms. The molecule has 7 heteroatoms. The summed E-state index contributed by atoms with van der Waals surface area (Å²) in [5, 5.41) is 0. The van der Waals surface area contributed by atoms with Gasteiger partial charge in [0.2, 0.25) is 5.91 Å². The quantitative estimate of drug-likeness (QED) is 0.459. The number of carbonyl (C=O) groups excluding carboxylic acids is 1. The molecule has 116 valence electrons. The molecule has 1 saturated heterocycles. The number of carbonyl (C=O) groups is 1. The Morgan fingerprint density at radius 3 is 2.67 bits per heavy atom. The second-order valence-electron chi connectivity index (χ2n) is 5.43. The molecule has 0 radical (unpaired) electrons. The van der Waals surface area contributed by atoms with Crippen LogP contribution in [0.2, 0.25) is 0 Å². The first kappa shape index (κ1) is 15.9. The highest BCUT2D eigenvalue weighted by atomic mass is 32.2. The number of benzene rings is 1. The largest absolute Gasteiger partial charge is 0.298 e. The second kappa shape index (κ2) is 6.55. The molecule has 3 N–H and O–H groups in total. The van der Waals surface area contributed by atoms with Gasteiger partial charge in [0.15, 0.2) is 9.84 Å². The highest BCUT2D eigenvalue weighted by Crippen LogP contribution is 2.21. The van der Waals surface area contributed by atoms with Crippen LogP contribution in [0, 0.1) is 0 Å². The molecular weight excluding hydrogens is 290 g/mol. The Hall–Kier alpha value is -1.44. The molecule has 0 saturated carbocycles. The number of amides is 1. The van der Waals surface area contributed by atoms with Crippen molar-refractivity contribution in [3.05, 3.63) is 35.9 Å². The molecule has 0 aliphatic carbocycles. The topological polar surface area (TPSA) is 92.5 Å². The zero-order valence-electron chi connectivity index (χ0n) is 12.0. The summed E-state index contributed by atoms with van der Waals surface area (Å²) >= 11 is 0. The zero-order valence-corrected chi connectivity index (χ0v) is 12.8. The fourth-order valence-corrected chi connectivity index (χ4v) is 4.29. The number of rotatable bonds is 4. The van der Waals surface area contributed by atoms with Crippen molar-refractivity contribution in [2.45, 2.75) is 18.9 Å². The van der Waals surface area contributed by atoms with Crippen LogP contribution in [0.3, 0.4) is 0 Å². The van der Waals surface area contributed by atoms with Gasteiger partial charge in [0.25, 0.3) is 0 Å². The van der Waals surface area contributed by atoms with Crippen LogP contribution >= 0.6 is 0 Å². The molecular formula is C14H21N3O3S. The van der Waals surface area contributed by atoms with Gasteiger partial charge in [0.1, 0.15) is 0 Å². The summed E-state index contributed by atoms with van der Waals surface area (Å²) in [6.45, 7) is 2.79. The lowest BCUT2D eigenvalue weighted by Gasteiger charge is -2.35. The summed E-state index contributed by atoms with van der Waals surface area (Å²) in [6.07, 6.45) is 0. The van der Waals surface area contributed by atoms with Gasteiger partial charge in [-0.25, -0.2) is 14.3 Å². The minimum absolute atomic E-state index is 0.0967. The van der Waals surface area contributed by atoms with Crippen LogP contribution in [0.4, 0.5) is 0 Å². The number of sulfone groups is 1. The molecule has 1 aromatic carbocycles. The molecule has 1 amide bonds. The van der Waals surface area contributed by atoms with E-state index < -0.39 is 15.8 Å². The van der Waals surface area contributed by atoms with Crippen molar-refractivity contribution in [2.24, 2.45) is 5.84 Å². The maximum absolute atomic E-state index is 12.0. The normalized spacial score (nSPS) is 23.4. The molecule has 0 aromatic heterocycles. The van der Waals surface area contributed by atoms with E-state index in [4.69, 9.17) is 5.84 Å². The van der Waals surface area contributed by atoms with Gasteiger partial charge < -0.3 is 0 Å². The number of nitrogens with one attached hydrogen (secondary N) is 1. The number of hydrogen-bond donors (Lipinski definition) is 2. The predicted octanol–water partition coefficient (Wildman–Crippen LogP) is -0.121. The average molecular weight is 311 g/mol. The van der Waals surface area contributed by atoms with Crippen LogP contribution in [-0.4, -0.2) is 49.9 Å². The number of hydrazine groups is 1. The minimum atomic E-state index is -2.96. The molecule has 0 spiro atoms. The molecule has 1 aromatic rings. The number of hydrogen-bond acceptors (Lipinski definition) is 5. The standard InChI is InChI=1S/C14H21N3O3S/c1-11-10-21(19,20)8-7-17(11)9-13(14(18)16-15)12-5-3-2-4-6-12/h2-6,11,13H,7-10,15H2,1H3,(H,16,18). The van der Waals surface area contributed by atoms with Crippen molar-refractivity contribution in [1.82, 2.24) is 10.3 Å². The van der Waals surface area contributed by atoms with Crippen molar-refractivity contribution < 1.29 is 13.2 Å². The molecule has 1 aliphatic rings. The molecule has 1 heterocycles. The van der Waals surface area contributed by atoms with E-state index in [-0.39, 0.29) is 23.5 Å². The van der Waals surface area contributed by atoms with Crippen molar-refractivity contribution in [3.8, 4) is 0 Å². The van der Waals surface area contributed by atoms with E-state index in [1.807, 2.05) is 42.2 Å². The monoisotopic (exact) mass is 311 g/mol. The maximum Gasteiger partial charge on any atom is 0.242 e. The zero-order chi connectivity index (χ0) is 15.5. The third kappa shape index (κ3) is 4.03. The smallest absolute Gasteiger partial charge is 0.242 e. The lowest BCUT2D eigenvalue weighted by molar-refractivity contribution is -0.123. The van der Waals surface area contributed by atoms with Crippen LogP contribution in [0.15, 0.2) is 30.3 Å². The SMILES string of the molecule is CC1CS(=O)(=O)CCN1CC(C(=O)NN)c1ccccc1. The van der Waals surface area contributed by atoms with Gasteiger partial charge >= 0.3 is 0 Å². The highest BCUT2D eigenvalue weighted by Gasteiger charge is 2.31. The fourth-order valence-electron chi connectivity index (χ4n) is 2.66. The first-order valence-corrected chi connectivity index (χ1v) is 8.75. The molecule has 2 rings (SSSR count). The van der Waals surface area contributed by atoms with Gasteiger partial charge in [0, 0.05) is 19.1 Å². The van der Waals surface area contributed by atoms with Gasteiger partial charge in [-0.15, -0.1) is 0 Å². The summed E-state index contributed by atoms with van der Waals surface area (Å²) in [5.41, 5.74) is 3.08. The van der Waals surface area contributed by atoms with E-state index in [9.17, 15) is 13.2 Å². The third-order valence-corrected chi connectivity index (χ3v) is 5.68. The summed E-state index contributed by atoms with van der Waals surface area (Å²) in [5.74, 6) is 4.89. The Morgan fingerprint density at radius 1 is 1.43 bits per heavy atom. The Labute approximate surface area is 125 Å². The summed E-state index contributed by atoms with van der Waals surface area (Å²) in [7, 11) is -2.96. The molecule has 1 aliphatic heterocycles. The Morgan fingerprint density at radius 2 is 2.10 bits per heavy atom. The van der Waals surface area contributed by atoms with Gasteiger partial charge in [-0.05, 0) is 12.5 Å². The van der Waals surface area contributed by atoms with Gasteiger partial charge in [-0.3, -0.25) is 15.1 Å². The van der Waals surface area contributed by atoms with Gasteiger partial charge in [0.05, 0.1) is 17.4 Å². The molecule has 2 unspecified atom stereocenters. The number of nitrogens with zero attached hydrogens (tertiary/aromatic N) is 1. The van der Waals surface area contributed by atoms with Gasteiger partial charge in [-0.1, -0.05) is 30.3 Å². The Balaban J connectivity index is 2.15. The van der Waals surface area contributed by atoms with Gasteiger partial charge in [-0.2, -0.15) is 0 Å². The third-order valence-electron chi connectivity index (χ3n) is 3.89. The first-order chi connectivity index (χ1) is 9.93. The molecule has 2 atom stereocenters. The predicted molar refractivity (Wildman–Crippen MR) is 81.2 cm³/mol. The van der Waals surface area contributed by atoms with Crippen molar-refractivity contribution in [3.63, 3.8) is 0 Å². The van der Waals surface area contributed by atoms with E-state index in [0.717, 1.165) is 5.56 Å². The highest BCUT2D eigenvalue weighted by molar-refractivity contribution is 7.91. The van der Waals surface area contributed by atoms with E-state index in [1.165, 1.54) is 0 Å². The first-order valence-electron chi connectivity index (χ1n) is 6.93. The fraction of sp³-hybridized carbons (Fsp3) is 0.500. The minimum Gasteiger partial charge on any atom is -0.298 e. The van der Waals surface area contributed by atoms with E-state index in [2.05, 4.69) is 5.43 Å². The molecule has 1 fully saturated rings. The van der Waals surface area contributed by atoms with E-state index in [0.29, 0.717) is 13.1 Å². The van der Waals surface area contributed by atoms with Crippen LogP contribution < -0.4 is 11.3 Å². The maximum atomic E-state index is 12.0. The average Bonchev–Trinajstić information content (AvgIpc) is 2.46. The van der Waals surface area contributed by atoms with E-state index in [1.54, 1.807) is 0 Å². The lowest BCUT2D eigenvalue weighted by atomic mass is 9.97. The lowest BCUT2D eigenvalue weighted by Crippen LogP contribution is -2.50. The second-order valence-corrected chi connectivity index (χ2v) is 7.66. The van der Waals surface area contributed by atoms with Crippen molar-refractivity contribution >= 4 is 15.7 Å². The van der Waals surface area contributed by atoms with Crippen LogP contribution in [0.1, 0.15) is 18.4 Å². The summed E-state index contributed by atoms with van der Waals surface area (Å²) in [6, 6.07) is 9.29. The van der Waals surface area contributed by atoms with Crippen molar-refractivity contribution in [2.75, 3.05) is 24.6 Å². The number of nitrogens with two attached hydrogens (primary N) is 1. The van der Waals surface area contributed by atoms with Crippen LogP contribution in [0.5, 0.6) is 0 Å².